The fourth-order valence-electron chi connectivity index (χ4n) is 5.48. The minimum atomic E-state index is -2.33. The second kappa shape index (κ2) is 8.02. The Balaban J connectivity index is 0.00000105. The monoisotopic (exact) mass is 474 g/mol. The van der Waals surface area contributed by atoms with E-state index in [9.17, 15) is 0 Å². The van der Waals surface area contributed by atoms with E-state index in [1.165, 1.54) is 24.0 Å². The van der Waals surface area contributed by atoms with E-state index >= 15 is 0 Å². The Bertz CT molecular complexity index is 837. The molecule has 3 aliphatic rings. The largest absolute Gasteiger partial charge is 1.00 e. The molecule has 1 saturated heterocycles. The topological polar surface area (TPSA) is 0 Å². The summed E-state index contributed by atoms with van der Waals surface area (Å²) in [5.74, 6) is 1.41. The van der Waals surface area contributed by atoms with Crippen molar-refractivity contribution in [3.63, 3.8) is 0 Å². The number of rotatable bonds is 4. The third-order valence-corrected chi connectivity index (χ3v) is 18.3. The molecule has 140 valence electrons. The van der Waals surface area contributed by atoms with Crippen LogP contribution in [0, 0.1) is 0 Å². The van der Waals surface area contributed by atoms with Crippen molar-refractivity contribution in [2.45, 2.75) is 46.8 Å². The quantitative estimate of drug-likeness (QED) is 0.620. The minimum absolute atomic E-state index is 0. The zero-order valence-electron chi connectivity index (χ0n) is 16.0. The van der Waals surface area contributed by atoms with E-state index in [1.807, 2.05) is 6.56 Å². The van der Waals surface area contributed by atoms with Gasteiger partial charge in [-0.3, -0.25) is 0 Å². The standard InChI is InChI=1S/2C11H11.C2H4.2ClH.Zr/c2*1-2-9-7-8-10-5-3-4-6-11(9)10;1-2;;;/h2*3-6,8-9H,2H2,1H3;1-2H2;2*1H;/q;;;;;+2/p-2/t2*9-;;;;/m10..../s1. The zero-order chi connectivity index (χ0) is 17.0. The summed E-state index contributed by atoms with van der Waals surface area (Å²) in [6.45, 7) is 4.77. The van der Waals surface area contributed by atoms with Crippen molar-refractivity contribution in [2.75, 3.05) is 0 Å². The first kappa shape index (κ1) is 21.1. The van der Waals surface area contributed by atoms with Crippen LogP contribution in [-0.4, -0.2) is 0 Å². The Hall–Kier alpha value is -0.617. The van der Waals surface area contributed by atoms with Gasteiger partial charge in [-0.1, -0.05) is 0 Å². The third kappa shape index (κ3) is 3.15. The molecular weight excluding hydrogens is 450 g/mol. The van der Waals surface area contributed by atoms with Crippen molar-refractivity contribution in [1.29, 1.82) is 0 Å². The summed E-state index contributed by atoms with van der Waals surface area (Å²) in [6.07, 6.45) is 7.78. The van der Waals surface area contributed by atoms with Crippen LogP contribution in [0.1, 0.15) is 60.8 Å². The molecule has 0 N–H and O–H groups in total. The molecular formula is C24H26Cl2Zr. The molecule has 2 aromatic carbocycles. The van der Waals surface area contributed by atoms with Crippen molar-refractivity contribution in [2.24, 2.45) is 0 Å². The molecule has 0 aromatic heterocycles. The molecule has 0 amide bonds. The van der Waals surface area contributed by atoms with Crippen molar-refractivity contribution in [1.82, 2.24) is 0 Å². The first-order valence-corrected chi connectivity index (χ1v) is 15.8. The molecule has 0 nitrogen and oxygen atoms in total. The molecule has 2 atom stereocenters. The van der Waals surface area contributed by atoms with Crippen LogP contribution in [0.15, 0.2) is 55.1 Å². The predicted octanol–water partition coefficient (Wildman–Crippen LogP) is 1.10. The van der Waals surface area contributed by atoms with Gasteiger partial charge in [-0.05, 0) is 0 Å². The molecule has 1 fully saturated rings. The molecule has 0 spiro atoms. The molecule has 27 heavy (non-hydrogen) atoms. The molecule has 0 saturated carbocycles. The van der Waals surface area contributed by atoms with Crippen molar-refractivity contribution >= 4 is 12.2 Å². The Morgan fingerprint density at radius 2 is 1.11 bits per heavy atom. The summed E-state index contributed by atoms with van der Waals surface area (Å²) < 4.78 is 6.91. The second-order valence-corrected chi connectivity index (χ2v) is 18.6. The predicted molar refractivity (Wildman–Crippen MR) is 105 cm³/mol. The Kier molecular flexibility index (Phi) is 6.27. The van der Waals surface area contributed by atoms with E-state index in [-0.39, 0.29) is 24.8 Å². The smallest absolute Gasteiger partial charge is 1.00 e. The van der Waals surface area contributed by atoms with Gasteiger partial charge in [-0.15, -0.1) is 0 Å². The van der Waals surface area contributed by atoms with Gasteiger partial charge in [0.25, 0.3) is 0 Å². The van der Waals surface area contributed by atoms with Crippen LogP contribution in [0.4, 0.5) is 0 Å². The molecule has 2 aliphatic carbocycles. The van der Waals surface area contributed by atoms with Gasteiger partial charge >= 0.3 is 157 Å². The van der Waals surface area contributed by atoms with Crippen LogP contribution < -0.4 is 24.8 Å². The maximum Gasteiger partial charge on any atom is -1.00 e. The first-order chi connectivity index (χ1) is 12.3. The molecule has 1 heterocycles. The Morgan fingerprint density at radius 1 is 0.704 bits per heavy atom. The maximum absolute atomic E-state index is 2.63. The van der Waals surface area contributed by atoms with Crippen LogP contribution in [0.2, 0.25) is 8.26 Å². The summed E-state index contributed by atoms with van der Waals surface area (Å²) in [5, 5.41) is 0. The van der Waals surface area contributed by atoms with Gasteiger partial charge in [0.05, 0.1) is 0 Å². The van der Waals surface area contributed by atoms with Gasteiger partial charge in [0.1, 0.15) is 0 Å². The van der Waals surface area contributed by atoms with Gasteiger partial charge in [-0.2, -0.15) is 0 Å². The Morgan fingerprint density at radius 3 is 1.48 bits per heavy atom. The number of halogens is 2. The van der Waals surface area contributed by atoms with Gasteiger partial charge in [0.2, 0.25) is 0 Å². The van der Waals surface area contributed by atoms with E-state index in [1.54, 1.807) is 19.4 Å². The summed E-state index contributed by atoms with van der Waals surface area (Å²) in [5.41, 5.74) is 6.23. The fraction of sp³-hybridized carbons (Fsp3) is 0.333. The SMILES string of the molecule is CC[C@@H]1[C]([Zr+2]2([C]3=Cc4ccccc4[C@H]3CC)[CH2][CH2]2)=Cc2ccccc21.[Cl-].[Cl-]. The van der Waals surface area contributed by atoms with Crippen LogP contribution in [0.25, 0.3) is 12.2 Å². The van der Waals surface area contributed by atoms with Gasteiger partial charge in [-0.25, -0.2) is 0 Å². The molecule has 5 rings (SSSR count). The summed E-state index contributed by atoms with van der Waals surface area (Å²) in [6, 6.07) is 18.3. The average Bonchev–Trinajstić information content (AvgIpc) is 3.23. The van der Waals surface area contributed by atoms with E-state index in [0.717, 1.165) is 0 Å². The summed E-state index contributed by atoms with van der Waals surface area (Å²) in [4.78, 5) is 0. The van der Waals surface area contributed by atoms with E-state index in [0.29, 0.717) is 11.8 Å². The van der Waals surface area contributed by atoms with E-state index in [2.05, 4.69) is 74.5 Å². The normalized spacial score (nSPS) is 22.1. The first-order valence-electron chi connectivity index (χ1n) is 9.90. The number of fused-ring (bicyclic) bond motifs is 2. The van der Waals surface area contributed by atoms with Crippen molar-refractivity contribution in [3.05, 3.63) is 77.3 Å². The van der Waals surface area contributed by atoms with Gasteiger partial charge in [0.15, 0.2) is 0 Å². The summed E-state index contributed by atoms with van der Waals surface area (Å²) in [7, 11) is 0. The fourth-order valence-corrected chi connectivity index (χ4v) is 20.6. The average molecular weight is 477 g/mol. The molecule has 0 unspecified atom stereocenters. The van der Waals surface area contributed by atoms with Crippen LogP contribution in [0.3, 0.4) is 0 Å². The van der Waals surface area contributed by atoms with Gasteiger partial charge < -0.3 is 24.8 Å². The molecule has 0 bridgehead atoms. The summed E-state index contributed by atoms with van der Waals surface area (Å²) >= 11 is -2.33. The number of allylic oxidation sites excluding steroid dienone is 2. The van der Waals surface area contributed by atoms with E-state index < -0.39 is 20.3 Å². The van der Waals surface area contributed by atoms with Crippen molar-refractivity contribution < 1.29 is 45.1 Å². The molecule has 2 aromatic rings. The minimum Gasteiger partial charge on any atom is -1.00 e. The number of benzene rings is 2. The Labute approximate surface area is 180 Å². The van der Waals surface area contributed by atoms with Crippen LogP contribution in [-0.2, 0) is 20.3 Å². The number of hydrogen-bond acceptors (Lipinski definition) is 0. The second-order valence-electron chi connectivity index (χ2n) is 7.96. The third-order valence-electron chi connectivity index (χ3n) is 6.79. The van der Waals surface area contributed by atoms with Crippen LogP contribution >= 0.6 is 0 Å². The molecule has 3 heteroatoms. The maximum atomic E-state index is 2.63. The van der Waals surface area contributed by atoms with E-state index in [4.69, 9.17) is 0 Å². The van der Waals surface area contributed by atoms with Crippen LogP contribution in [0.5, 0.6) is 0 Å². The molecule has 1 aliphatic heterocycles. The molecule has 0 radical (unpaired) electrons. The van der Waals surface area contributed by atoms with Crippen molar-refractivity contribution in [3.8, 4) is 0 Å². The van der Waals surface area contributed by atoms with Gasteiger partial charge in [0, 0.05) is 0 Å². The number of hydrogen-bond donors (Lipinski definition) is 0. The zero-order valence-corrected chi connectivity index (χ0v) is 20.0.